The maximum absolute atomic E-state index is 13.2. The molecular weight excluding hydrogens is 457 g/mol. The number of alkyl halides is 3. The number of fused-ring (bicyclic) bond motifs is 1. The lowest BCUT2D eigenvalue weighted by atomic mass is 10.1. The summed E-state index contributed by atoms with van der Waals surface area (Å²) in [6, 6.07) is 4.69. The first-order chi connectivity index (χ1) is 15.7. The van der Waals surface area contributed by atoms with Crippen LogP contribution in [-0.2, 0) is 17.5 Å². The first-order valence-electron chi connectivity index (χ1n) is 10.3. The highest BCUT2D eigenvalue weighted by Gasteiger charge is 2.34. The summed E-state index contributed by atoms with van der Waals surface area (Å²) in [5.41, 5.74) is -0.821. The Bertz CT molecular complexity index is 1100. The van der Waals surface area contributed by atoms with Crippen LogP contribution in [0, 0.1) is 0 Å². The molecular formula is C21H25F3N6O2S. The number of hydrogen-bond acceptors (Lipinski definition) is 7. The largest absolute Gasteiger partial charge is 0.417 e. The normalized spacial score (nSPS) is 11.8. The van der Waals surface area contributed by atoms with E-state index in [0.29, 0.717) is 35.2 Å². The van der Waals surface area contributed by atoms with Crippen molar-refractivity contribution >= 4 is 34.5 Å². The summed E-state index contributed by atoms with van der Waals surface area (Å²) in [7, 11) is 1.61. The topological polar surface area (TPSA) is 94.0 Å². The maximum Gasteiger partial charge on any atom is 0.417 e. The Balaban J connectivity index is 1.77. The standard InChI is InChI=1S/C21H25F3N6O2S/c1-13(2)33-20-28-17(25-9-11-32-3)15-12-27-30(18(15)29-20)10-8-26-19(31)14-6-4-5-7-16(14)21(22,23)24/h4-7,12-13H,8-11H2,1-3H3,(H,26,31)(H,25,28,29). The van der Waals surface area contributed by atoms with Crippen LogP contribution in [0.4, 0.5) is 19.0 Å². The number of rotatable bonds is 10. The van der Waals surface area contributed by atoms with E-state index in [1.54, 1.807) is 18.0 Å². The highest BCUT2D eigenvalue weighted by atomic mass is 32.2. The molecule has 3 rings (SSSR count). The van der Waals surface area contributed by atoms with Crippen molar-refractivity contribution in [2.75, 3.05) is 32.1 Å². The molecule has 8 nitrogen and oxygen atoms in total. The zero-order chi connectivity index (χ0) is 24.0. The van der Waals surface area contributed by atoms with E-state index in [1.165, 1.54) is 23.9 Å². The molecule has 12 heteroatoms. The van der Waals surface area contributed by atoms with Crippen LogP contribution in [0.15, 0.2) is 35.6 Å². The first-order valence-corrected chi connectivity index (χ1v) is 11.2. The number of carbonyl (C=O) groups excluding carboxylic acids is 1. The number of ether oxygens (including phenoxy) is 1. The molecule has 0 aliphatic carbocycles. The summed E-state index contributed by atoms with van der Waals surface area (Å²) < 4.78 is 46.2. The van der Waals surface area contributed by atoms with E-state index >= 15 is 0 Å². The van der Waals surface area contributed by atoms with E-state index in [1.807, 2.05) is 13.8 Å². The van der Waals surface area contributed by atoms with Crippen molar-refractivity contribution in [3.05, 3.63) is 41.6 Å². The fraction of sp³-hybridized carbons (Fsp3) is 0.429. The molecule has 0 radical (unpaired) electrons. The monoisotopic (exact) mass is 482 g/mol. The Morgan fingerprint density at radius 1 is 1.21 bits per heavy atom. The van der Waals surface area contributed by atoms with Crippen molar-refractivity contribution in [3.8, 4) is 0 Å². The molecule has 0 spiro atoms. The number of anilines is 1. The summed E-state index contributed by atoms with van der Waals surface area (Å²) in [6.45, 7) is 5.41. The summed E-state index contributed by atoms with van der Waals surface area (Å²) in [5, 5.41) is 11.6. The minimum Gasteiger partial charge on any atom is -0.383 e. The van der Waals surface area contributed by atoms with Gasteiger partial charge in [-0.05, 0) is 12.1 Å². The predicted octanol–water partition coefficient (Wildman–Crippen LogP) is 3.83. The molecule has 0 bridgehead atoms. The van der Waals surface area contributed by atoms with E-state index in [-0.39, 0.29) is 18.3 Å². The lowest BCUT2D eigenvalue weighted by molar-refractivity contribution is -0.137. The van der Waals surface area contributed by atoms with Crippen LogP contribution < -0.4 is 10.6 Å². The van der Waals surface area contributed by atoms with Gasteiger partial charge in [0, 0.05) is 25.4 Å². The van der Waals surface area contributed by atoms with Gasteiger partial charge in [-0.3, -0.25) is 4.79 Å². The Labute approximate surface area is 193 Å². The quantitative estimate of drug-likeness (QED) is 0.258. The van der Waals surface area contributed by atoms with Crippen LogP contribution in [0.25, 0.3) is 11.0 Å². The van der Waals surface area contributed by atoms with Gasteiger partial charge in [0.25, 0.3) is 5.91 Å². The first kappa shape index (κ1) is 24.8. The number of methoxy groups -OCH3 is 1. The molecule has 3 aromatic rings. The fourth-order valence-corrected chi connectivity index (χ4v) is 3.77. The van der Waals surface area contributed by atoms with Gasteiger partial charge in [-0.25, -0.2) is 14.6 Å². The molecule has 33 heavy (non-hydrogen) atoms. The molecule has 1 aromatic carbocycles. The number of nitrogens with one attached hydrogen (secondary N) is 2. The Hall–Kier alpha value is -2.86. The number of carbonyl (C=O) groups is 1. The van der Waals surface area contributed by atoms with Gasteiger partial charge < -0.3 is 15.4 Å². The molecule has 0 aliphatic heterocycles. The minimum atomic E-state index is -4.61. The Morgan fingerprint density at radius 2 is 1.97 bits per heavy atom. The van der Waals surface area contributed by atoms with Crippen LogP contribution in [0.3, 0.4) is 0 Å². The molecule has 0 saturated carbocycles. The maximum atomic E-state index is 13.2. The lowest BCUT2D eigenvalue weighted by Gasteiger charge is -2.13. The van der Waals surface area contributed by atoms with Gasteiger partial charge in [0.15, 0.2) is 10.8 Å². The SMILES string of the molecule is COCCNc1nc(SC(C)C)nc2c1cnn2CCNC(=O)c1ccccc1C(F)(F)F. The second-order valence-electron chi connectivity index (χ2n) is 7.35. The molecule has 178 valence electrons. The number of nitrogens with zero attached hydrogens (tertiary/aromatic N) is 4. The number of halogens is 3. The van der Waals surface area contributed by atoms with E-state index in [4.69, 9.17) is 4.74 Å². The van der Waals surface area contributed by atoms with Gasteiger partial charge >= 0.3 is 6.18 Å². The number of benzene rings is 1. The van der Waals surface area contributed by atoms with E-state index in [0.717, 1.165) is 12.1 Å². The molecule has 0 fully saturated rings. The molecule has 2 aromatic heterocycles. The van der Waals surface area contributed by atoms with Crippen LogP contribution in [-0.4, -0.2) is 57.7 Å². The number of aromatic nitrogens is 4. The minimum absolute atomic E-state index is 0.0743. The van der Waals surface area contributed by atoms with Crippen LogP contribution >= 0.6 is 11.8 Å². The van der Waals surface area contributed by atoms with Crippen LogP contribution in [0.1, 0.15) is 29.8 Å². The zero-order valence-corrected chi connectivity index (χ0v) is 19.3. The molecule has 2 N–H and O–H groups in total. The molecule has 2 heterocycles. The molecule has 0 aliphatic rings. The Morgan fingerprint density at radius 3 is 2.67 bits per heavy atom. The number of amides is 1. The van der Waals surface area contributed by atoms with Gasteiger partial charge in [0.1, 0.15) is 5.82 Å². The van der Waals surface area contributed by atoms with Crippen LogP contribution in [0.5, 0.6) is 0 Å². The number of thioether (sulfide) groups is 1. The lowest BCUT2D eigenvalue weighted by Crippen LogP contribution is -2.29. The highest BCUT2D eigenvalue weighted by molar-refractivity contribution is 7.99. The third-order valence-electron chi connectivity index (χ3n) is 4.50. The third-order valence-corrected chi connectivity index (χ3v) is 5.37. The van der Waals surface area contributed by atoms with Crippen molar-refractivity contribution in [2.45, 2.75) is 37.0 Å². The molecule has 0 atom stereocenters. The average molecular weight is 483 g/mol. The van der Waals surface area contributed by atoms with Gasteiger partial charge in [0.05, 0.1) is 35.9 Å². The number of hydrogen-bond donors (Lipinski definition) is 2. The van der Waals surface area contributed by atoms with E-state index in [9.17, 15) is 18.0 Å². The van der Waals surface area contributed by atoms with Crippen molar-refractivity contribution in [1.82, 2.24) is 25.1 Å². The summed E-state index contributed by atoms with van der Waals surface area (Å²) in [6.07, 6.45) is -2.99. The molecule has 0 unspecified atom stereocenters. The molecule has 1 amide bonds. The predicted molar refractivity (Wildman–Crippen MR) is 120 cm³/mol. The molecule has 0 saturated heterocycles. The van der Waals surface area contributed by atoms with E-state index in [2.05, 4.69) is 25.7 Å². The van der Waals surface area contributed by atoms with Gasteiger partial charge in [0.2, 0.25) is 0 Å². The smallest absolute Gasteiger partial charge is 0.383 e. The fourth-order valence-electron chi connectivity index (χ4n) is 3.07. The van der Waals surface area contributed by atoms with Crippen molar-refractivity contribution in [3.63, 3.8) is 0 Å². The van der Waals surface area contributed by atoms with Gasteiger partial charge in [-0.2, -0.15) is 18.3 Å². The second-order valence-corrected chi connectivity index (χ2v) is 8.89. The van der Waals surface area contributed by atoms with Crippen molar-refractivity contribution in [1.29, 1.82) is 0 Å². The summed E-state index contributed by atoms with van der Waals surface area (Å²) in [5.74, 6) is -0.179. The van der Waals surface area contributed by atoms with Gasteiger partial charge in [-0.15, -0.1) is 0 Å². The second kappa shape index (κ2) is 10.8. The van der Waals surface area contributed by atoms with Crippen LogP contribution in [0.2, 0.25) is 0 Å². The van der Waals surface area contributed by atoms with Crippen molar-refractivity contribution < 1.29 is 22.7 Å². The Kier molecular flexibility index (Phi) is 8.14. The highest BCUT2D eigenvalue weighted by Crippen LogP contribution is 2.31. The summed E-state index contributed by atoms with van der Waals surface area (Å²) >= 11 is 1.50. The third kappa shape index (κ3) is 6.35. The zero-order valence-electron chi connectivity index (χ0n) is 18.4. The van der Waals surface area contributed by atoms with Crippen molar-refractivity contribution in [2.24, 2.45) is 0 Å². The summed E-state index contributed by atoms with van der Waals surface area (Å²) in [4.78, 5) is 21.5. The van der Waals surface area contributed by atoms with Gasteiger partial charge in [-0.1, -0.05) is 37.7 Å². The van der Waals surface area contributed by atoms with E-state index < -0.39 is 23.2 Å². The average Bonchev–Trinajstić information content (AvgIpc) is 3.16.